The minimum atomic E-state index is -0.322. The Labute approximate surface area is 204 Å². The van der Waals surface area contributed by atoms with Crippen LogP contribution in [0.15, 0.2) is 24.3 Å². The quantitative estimate of drug-likeness (QED) is 0.569. The van der Waals surface area contributed by atoms with Gasteiger partial charge in [-0.3, -0.25) is 10.1 Å². The number of hydrogen-bond donors (Lipinski definition) is 2. The van der Waals surface area contributed by atoms with Crippen molar-refractivity contribution in [2.24, 2.45) is 11.8 Å². The number of nitrogens with one attached hydrogen (secondary N) is 2. The monoisotopic (exact) mass is 488 g/mol. The van der Waals surface area contributed by atoms with E-state index >= 15 is 0 Å². The van der Waals surface area contributed by atoms with Crippen LogP contribution >= 0.6 is 11.3 Å². The van der Waals surface area contributed by atoms with Crippen LogP contribution in [0.4, 0.5) is 14.3 Å². The van der Waals surface area contributed by atoms with Crippen molar-refractivity contribution in [1.82, 2.24) is 15.2 Å². The summed E-state index contributed by atoms with van der Waals surface area (Å²) in [5.41, 5.74) is 1.81. The van der Waals surface area contributed by atoms with Crippen LogP contribution in [-0.4, -0.2) is 60.6 Å². The lowest BCUT2D eigenvalue weighted by atomic mass is 9.89. The van der Waals surface area contributed by atoms with Crippen LogP contribution in [0.25, 0.3) is 0 Å². The fourth-order valence-electron chi connectivity index (χ4n) is 5.01. The maximum Gasteiger partial charge on any atom is 0.321 e. The van der Waals surface area contributed by atoms with Gasteiger partial charge in [-0.05, 0) is 68.7 Å². The summed E-state index contributed by atoms with van der Waals surface area (Å²) in [5, 5.41) is 6.27. The number of nitrogens with zero attached hydrogens (tertiary/aromatic N) is 2. The van der Waals surface area contributed by atoms with Gasteiger partial charge in [0.2, 0.25) is 0 Å². The standard InChI is InChI=1S/C25H33FN4O3S/c1-16-23(17(2)31)34-25(27-16)29-24(32)28-22-15-33-11-9-20(22)14-30-10-3-4-19(13-30)12-18-5-7-21(26)8-6-18/h5-8,19-20,22H,3-4,9-15H2,1-2H3,(H2,27,28,29,32)/t19?,20-,22-/m0/s1. The number of urea groups is 1. The highest BCUT2D eigenvalue weighted by Crippen LogP contribution is 2.25. The van der Waals surface area contributed by atoms with Crippen molar-refractivity contribution in [3.05, 3.63) is 46.2 Å². The first kappa shape index (κ1) is 24.8. The van der Waals surface area contributed by atoms with Crippen LogP contribution < -0.4 is 10.6 Å². The van der Waals surface area contributed by atoms with Gasteiger partial charge in [0.05, 0.1) is 23.2 Å². The molecule has 2 aliphatic rings. The van der Waals surface area contributed by atoms with Gasteiger partial charge < -0.3 is 15.0 Å². The number of piperidine rings is 1. The minimum absolute atomic E-state index is 0.0523. The summed E-state index contributed by atoms with van der Waals surface area (Å²) in [6.45, 7) is 7.44. The second-order valence-electron chi connectivity index (χ2n) is 9.42. The van der Waals surface area contributed by atoms with E-state index in [1.165, 1.54) is 42.4 Å². The van der Waals surface area contributed by atoms with E-state index in [2.05, 4.69) is 20.5 Å². The summed E-state index contributed by atoms with van der Waals surface area (Å²) in [6, 6.07) is 6.43. The largest absolute Gasteiger partial charge is 0.379 e. The molecule has 2 N–H and O–H groups in total. The number of carbonyl (C=O) groups excluding carboxylic acids is 2. The van der Waals surface area contributed by atoms with Crippen molar-refractivity contribution in [2.45, 2.75) is 45.6 Å². The molecule has 0 radical (unpaired) electrons. The van der Waals surface area contributed by atoms with E-state index in [9.17, 15) is 14.0 Å². The predicted molar refractivity (Wildman–Crippen MR) is 131 cm³/mol. The van der Waals surface area contributed by atoms with Crippen molar-refractivity contribution >= 4 is 28.3 Å². The molecule has 0 aliphatic carbocycles. The molecule has 4 rings (SSSR count). The van der Waals surface area contributed by atoms with Gasteiger partial charge in [0.1, 0.15) is 5.82 Å². The molecule has 2 saturated heterocycles. The third kappa shape index (κ3) is 6.61. The number of halogens is 1. The molecular weight excluding hydrogens is 455 g/mol. The minimum Gasteiger partial charge on any atom is -0.379 e. The van der Waals surface area contributed by atoms with Crippen LogP contribution in [0.2, 0.25) is 0 Å². The summed E-state index contributed by atoms with van der Waals surface area (Å²) in [6.07, 6.45) is 4.19. The number of carbonyl (C=O) groups is 2. The van der Waals surface area contributed by atoms with Crippen molar-refractivity contribution in [1.29, 1.82) is 0 Å². The number of amides is 2. The number of aryl methyl sites for hydroxylation is 1. The van der Waals surface area contributed by atoms with Gasteiger partial charge in [0.25, 0.3) is 0 Å². The Bertz CT molecular complexity index is 997. The zero-order valence-electron chi connectivity index (χ0n) is 19.8. The van der Waals surface area contributed by atoms with Gasteiger partial charge >= 0.3 is 6.03 Å². The first-order valence-electron chi connectivity index (χ1n) is 12.0. The van der Waals surface area contributed by atoms with Gasteiger partial charge in [-0.15, -0.1) is 0 Å². The Balaban J connectivity index is 1.30. The number of likely N-dealkylation sites (tertiary alicyclic amines) is 1. The molecular formula is C25H33FN4O3S. The maximum absolute atomic E-state index is 13.2. The lowest BCUT2D eigenvalue weighted by Gasteiger charge is -2.39. The number of hydrogen-bond acceptors (Lipinski definition) is 6. The number of aromatic nitrogens is 1. The third-order valence-electron chi connectivity index (χ3n) is 6.69. The van der Waals surface area contributed by atoms with Crippen molar-refractivity contribution < 1.29 is 18.7 Å². The summed E-state index contributed by atoms with van der Waals surface area (Å²) in [7, 11) is 0. The molecule has 2 aromatic rings. The van der Waals surface area contributed by atoms with E-state index in [0.717, 1.165) is 38.9 Å². The van der Waals surface area contributed by atoms with Crippen LogP contribution in [0.1, 0.15) is 47.1 Å². The Morgan fingerprint density at radius 1 is 1.26 bits per heavy atom. The molecule has 0 spiro atoms. The van der Waals surface area contributed by atoms with Crippen molar-refractivity contribution in [3.63, 3.8) is 0 Å². The molecule has 3 heterocycles. The molecule has 1 aromatic heterocycles. The molecule has 2 aliphatic heterocycles. The molecule has 2 amide bonds. The van der Waals surface area contributed by atoms with E-state index in [1.54, 1.807) is 6.92 Å². The number of ether oxygens (including phenoxy) is 1. The van der Waals surface area contributed by atoms with Crippen LogP contribution in [0.5, 0.6) is 0 Å². The number of rotatable bonds is 7. The third-order valence-corrected chi connectivity index (χ3v) is 7.86. The number of ketones is 1. The molecule has 0 saturated carbocycles. The lowest BCUT2D eigenvalue weighted by Crippen LogP contribution is -2.52. The zero-order valence-corrected chi connectivity index (χ0v) is 20.6. The number of anilines is 1. The Morgan fingerprint density at radius 3 is 2.79 bits per heavy atom. The summed E-state index contributed by atoms with van der Waals surface area (Å²) in [5.74, 6) is 0.608. The molecule has 1 aromatic carbocycles. The zero-order chi connectivity index (χ0) is 24.1. The van der Waals surface area contributed by atoms with E-state index < -0.39 is 0 Å². The topological polar surface area (TPSA) is 83.6 Å². The summed E-state index contributed by atoms with van der Waals surface area (Å²) < 4.78 is 18.9. The maximum atomic E-state index is 13.2. The van der Waals surface area contributed by atoms with E-state index in [-0.39, 0.29) is 23.7 Å². The molecule has 7 nitrogen and oxygen atoms in total. The normalized spacial score (nSPS) is 23.4. The van der Waals surface area contributed by atoms with Crippen molar-refractivity contribution in [3.8, 4) is 0 Å². The SMILES string of the molecule is CC(=O)c1sc(NC(=O)N[C@H]2COCC[C@H]2CN2CCCC(Cc3ccc(F)cc3)C2)nc1C. The Morgan fingerprint density at radius 2 is 2.06 bits per heavy atom. The molecule has 0 bridgehead atoms. The first-order valence-corrected chi connectivity index (χ1v) is 12.8. The Hall–Kier alpha value is -2.36. The predicted octanol–water partition coefficient (Wildman–Crippen LogP) is 4.27. The number of benzene rings is 1. The second-order valence-corrected chi connectivity index (χ2v) is 10.4. The summed E-state index contributed by atoms with van der Waals surface area (Å²) >= 11 is 1.20. The fourth-order valence-corrected chi connectivity index (χ4v) is 5.86. The van der Waals surface area contributed by atoms with Crippen LogP contribution in [0.3, 0.4) is 0 Å². The van der Waals surface area contributed by atoms with Gasteiger partial charge in [-0.1, -0.05) is 23.5 Å². The molecule has 9 heteroatoms. The van der Waals surface area contributed by atoms with Gasteiger partial charge in [-0.25, -0.2) is 14.2 Å². The smallest absolute Gasteiger partial charge is 0.321 e. The van der Waals surface area contributed by atoms with Crippen LogP contribution in [0, 0.1) is 24.6 Å². The molecule has 1 unspecified atom stereocenters. The van der Waals surface area contributed by atoms with Crippen LogP contribution in [-0.2, 0) is 11.2 Å². The number of Topliss-reactive ketones (excluding diaryl/α,β-unsaturated/α-hetero) is 1. The molecule has 184 valence electrons. The molecule has 2 fully saturated rings. The molecule has 34 heavy (non-hydrogen) atoms. The highest BCUT2D eigenvalue weighted by atomic mass is 32.1. The first-order chi connectivity index (χ1) is 16.4. The fraction of sp³-hybridized carbons (Fsp3) is 0.560. The highest BCUT2D eigenvalue weighted by Gasteiger charge is 2.31. The van der Waals surface area contributed by atoms with Crippen molar-refractivity contribution in [2.75, 3.05) is 38.2 Å². The van der Waals surface area contributed by atoms with E-state index in [0.29, 0.717) is 40.8 Å². The summed E-state index contributed by atoms with van der Waals surface area (Å²) in [4.78, 5) is 31.7. The Kier molecular flexibility index (Phi) is 8.28. The average Bonchev–Trinajstić information content (AvgIpc) is 3.17. The van der Waals surface area contributed by atoms with E-state index in [4.69, 9.17) is 4.74 Å². The number of thiazole rings is 1. The average molecular weight is 489 g/mol. The lowest BCUT2D eigenvalue weighted by molar-refractivity contribution is 0.0215. The molecule has 3 atom stereocenters. The van der Waals surface area contributed by atoms with Gasteiger partial charge in [0, 0.05) is 26.6 Å². The van der Waals surface area contributed by atoms with E-state index in [1.807, 2.05) is 12.1 Å². The van der Waals surface area contributed by atoms with Gasteiger partial charge in [-0.2, -0.15) is 0 Å². The second kappa shape index (κ2) is 11.4. The highest BCUT2D eigenvalue weighted by molar-refractivity contribution is 7.17. The van der Waals surface area contributed by atoms with Gasteiger partial charge in [0.15, 0.2) is 10.9 Å².